The largest absolute Gasteiger partial charge is 0.352 e. The molecular formula is C14H16N2O3. The molecule has 4 rings (SSSR count). The van der Waals surface area contributed by atoms with Crippen LogP contribution in [-0.2, 0) is 14.4 Å². The second-order valence-electron chi connectivity index (χ2n) is 5.40. The van der Waals surface area contributed by atoms with Crippen LogP contribution in [0.1, 0.15) is 11.8 Å². The van der Waals surface area contributed by atoms with E-state index in [0.29, 0.717) is 13.2 Å². The number of hydroxylamine groups is 2. The zero-order valence-corrected chi connectivity index (χ0v) is 10.7. The van der Waals surface area contributed by atoms with Gasteiger partial charge >= 0.3 is 0 Å². The molecule has 0 bridgehead atoms. The molecule has 5 nitrogen and oxygen atoms in total. The van der Waals surface area contributed by atoms with Gasteiger partial charge in [0.1, 0.15) is 6.10 Å². The van der Waals surface area contributed by atoms with E-state index in [1.807, 2.05) is 42.3 Å². The van der Waals surface area contributed by atoms with Crippen molar-refractivity contribution in [2.24, 2.45) is 5.92 Å². The van der Waals surface area contributed by atoms with E-state index in [2.05, 4.69) is 0 Å². The summed E-state index contributed by atoms with van der Waals surface area (Å²) in [5.41, 5.74) is 1.03. The summed E-state index contributed by atoms with van der Waals surface area (Å²) in [4.78, 5) is 20.2. The van der Waals surface area contributed by atoms with Gasteiger partial charge in [0.15, 0.2) is 6.23 Å². The van der Waals surface area contributed by atoms with E-state index in [-0.39, 0.29) is 30.2 Å². The highest BCUT2D eigenvalue weighted by Crippen LogP contribution is 2.43. The topological polar surface area (TPSA) is 42.0 Å². The normalized spacial score (nSPS) is 37.7. The average Bonchev–Trinajstić information content (AvgIpc) is 3.06. The van der Waals surface area contributed by atoms with Gasteiger partial charge in [0, 0.05) is 19.2 Å². The molecule has 0 N–H and O–H groups in total. The molecule has 3 saturated heterocycles. The molecule has 3 fully saturated rings. The maximum absolute atomic E-state index is 12.5. The molecule has 0 unspecified atom stereocenters. The highest BCUT2D eigenvalue weighted by molar-refractivity contribution is 5.84. The van der Waals surface area contributed by atoms with Crippen LogP contribution in [0.4, 0.5) is 0 Å². The summed E-state index contributed by atoms with van der Waals surface area (Å²) in [6.45, 7) is 1.23. The molecule has 4 atom stereocenters. The van der Waals surface area contributed by atoms with Crippen LogP contribution in [0.5, 0.6) is 0 Å². The van der Waals surface area contributed by atoms with Crippen LogP contribution in [0.3, 0.4) is 0 Å². The van der Waals surface area contributed by atoms with Crippen LogP contribution in [0.15, 0.2) is 30.3 Å². The molecule has 0 spiro atoms. The number of carbonyl (C=O) groups excluding carboxylic acids is 1. The van der Waals surface area contributed by atoms with Gasteiger partial charge in [-0.1, -0.05) is 30.3 Å². The fourth-order valence-corrected chi connectivity index (χ4v) is 3.38. The minimum atomic E-state index is -0.252. The van der Waals surface area contributed by atoms with Crippen molar-refractivity contribution in [3.63, 3.8) is 0 Å². The monoisotopic (exact) mass is 260 g/mol. The van der Waals surface area contributed by atoms with Crippen molar-refractivity contribution in [2.45, 2.75) is 18.4 Å². The number of benzene rings is 1. The molecule has 1 aromatic carbocycles. The van der Waals surface area contributed by atoms with Crippen molar-refractivity contribution in [3.05, 3.63) is 35.9 Å². The molecular weight excluding hydrogens is 244 g/mol. The van der Waals surface area contributed by atoms with Crippen molar-refractivity contribution in [3.8, 4) is 0 Å². The van der Waals surface area contributed by atoms with Crippen molar-refractivity contribution < 1.29 is 14.4 Å². The van der Waals surface area contributed by atoms with E-state index in [1.165, 1.54) is 0 Å². The molecule has 0 aromatic heterocycles. The van der Waals surface area contributed by atoms with Crippen LogP contribution in [0.2, 0.25) is 0 Å². The summed E-state index contributed by atoms with van der Waals surface area (Å²) in [6, 6.07) is 9.96. The first-order valence-corrected chi connectivity index (χ1v) is 6.62. The number of carbonyl (C=O) groups is 1. The van der Waals surface area contributed by atoms with E-state index >= 15 is 0 Å². The lowest BCUT2D eigenvalue weighted by Crippen LogP contribution is -2.37. The lowest BCUT2D eigenvalue weighted by Gasteiger charge is -2.24. The zero-order chi connectivity index (χ0) is 13.0. The van der Waals surface area contributed by atoms with Crippen LogP contribution in [-0.4, -0.2) is 48.2 Å². The van der Waals surface area contributed by atoms with Gasteiger partial charge in [0.25, 0.3) is 0 Å². The van der Waals surface area contributed by atoms with Crippen molar-refractivity contribution in [1.82, 2.24) is 9.96 Å². The third-order valence-corrected chi connectivity index (χ3v) is 4.22. The first-order valence-electron chi connectivity index (χ1n) is 6.62. The fourth-order valence-electron chi connectivity index (χ4n) is 3.38. The van der Waals surface area contributed by atoms with Crippen LogP contribution in [0, 0.1) is 5.92 Å². The summed E-state index contributed by atoms with van der Waals surface area (Å²) >= 11 is 0. The Morgan fingerprint density at radius 3 is 2.84 bits per heavy atom. The Balaban J connectivity index is 1.65. The number of amides is 1. The lowest BCUT2D eigenvalue weighted by atomic mass is 10.0. The predicted octanol–water partition coefficient (Wildman–Crippen LogP) is 0.788. The molecule has 3 aliphatic rings. The summed E-state index contributed by atoms with van der Waals surface area (Å²) in [5, 5.41) is 1.76. The number of nitrogens with zero attached hydrogens (tertiary/aromatic N) is 2. The second kappa shape index (κ2) is 4.03. The molecule has 19 heavy (non-hydrogen) atoms. The van der Waals surface area contributed by atoms with Gasteiger partial charge in [-0.25, -0.2) is 0 Å². The zero-order valence-electron chi connectivity index (χ0n) is 10.7. The Labute approximate surface area is 111 Å². The van der Waals surface area contributed by atoms with Gasteiger partial charge in [-0.2, -0.15) is 5.06 Å². The van der Waals surface area contributed by atoms with E-state index in [4.69, 9.17) is 9.57 Å². The molecule has 3 heterocycles. The summed E-state index contributed by atoms with van der Waals surface area (Å²) in [5.74, 6) is 0.121. The number of hydrogen-bond donors (Lipinski definition) is 0. The molecule has 0 saturated carbocycles. The maximum Gasteiger partial charge on any atom is 0.232 e. The quantitative estimate of drug-likeness (QED) is 0.748. The molecule has 100 valence electrons. The summed E-state index contributed by atoms with van der Waals surface area (Å²) in [6.07, 6.45) is -0.301. The minimum Gasteiger partial charge on any atom is -0.352 e. The number of fused-ring (bicyclic) bond motifs is 3. The van der Waals surface area contributed by atoms with E-state index in [9.17, 15) is 4.79 Å². The fraction of sp³-hybridized carbons (Fsp3) is 0.500. The standard InChI is InChI=1S/C14H16N2O3/c1-15-7-10-12(19-15)11-8-18-14(16(11)13(10)17)9-5-3-2-4-6-9/h2-6,10-12,14H,7-8H2,1H3/t10-,11-,12+,14-/m1/s1. The average molecular weight is 260 g/mol. The van der Waals surface area contributed by atoms with Crippen LogP contribution < -0.4 is 0 Å². The predicted molar refractivity (Wildman–Crippen MR) is 66.8 cm³/mol. The maximum atomic E-state index is 12.5. The Bertz CT molecular complexity index is 507. The van der Waals surface area contributed by atoms with Gasteiger partial charge in [-0.15, -0.1) is 0 Å². The minimum absolute atomic E-state index is 0.0369. The van der Waals surface area contributed by atoms with Gasteiger partial charge in [0.05, 0.1) is 18.6 Å². The Kier molecular flexibility index (Phi) is 2.42. The van der Waals surface area contributed by atoms with Crippen LogP contribution in [0.25, 0.3) is 0 Å². The number of ether oxygens (including phenoxy) is 1. The lowest BCUT2D eigenvalue weighted by molar-refractivity contribution is -0.144. The molecule has 1 aromatic rings. The number of hydrogen-bond acceptors (Lipinski definition) is 4. The highest BCUT2D eigenvalue weighted by Gasteiger charge is 2.58. The van der Waals surface area contributed by atoms with E-state index in [0.717, 1.165) is 5.56 Å². The molecule has 3 aliphatic heterocycles. The SMILES string of the molecule is CN1C[C@H]2C(=O)N3[C@@H](c4ccccc4)OC[C@@H]3[C@H]2O1. The van der Waals surface area contributed by atoms with Gasteiger partial charge in [0.2, 0.25) is 5.91 Å². The highest BCUT2D eigenvalue weighted by atomic mass is 16.7. The number of rotatable bonds is 1. The van der Waals surface area contributed by atoms with Crippen molar-refractivity contribution in [2.75, 3.05) is 20.2 Å². The van der Waals surface area contributed by atoms with Gasteiger partial charge < -0.3 is 9.64 Å². The first-order chi connectivity index (χ1) is 9.25. The van der Waals surface area contributed by atoms with Gasteiger partial charge in [-0.05, 0) is 0 Å². The van der Waals surface area contributed by atoms with E-state index < -0.39 is 0 Å². The van der Waals surface area contributed by atoms with Gasteiger partial charge in [-0.3, -0.25) is 9.63 Å². The summed E-state index contributed by atoms with van der Waals surface area (Å²) in [7, 11) is 1.88. The smallest absolute Gasteiger partial charge is 0.232 e. The Morgan fingerprint density at radius 1 is 1.26 bits per heavy atom. The van der Waals surface area contributed by atoms with E-state index in [1.54, 1.807) is 5.06 Å². The molecule has 5 heteroatoms. The Morgan fingerprint density at radius 2 is 2.05 bits per heavy atom. The molecule has 0 aliphatic carbocycles. The molecule has 1 amide bonds. The van der Waals surface area contributed by atoms with Crippen molar-refractivity contribution in [1.29, 1.82) is 0 Å². The van der Waals surface area contributed by atoms with Crippen molar-refractivity contribution >= 4 is 5.91 Å². The second-order valence-corrected chi connectivity index (χ2v) is 5.40. The third kappa shape index (κ3) is 1.55. The molecule has 0 radical (unpaired) electrons. The first kappa shape index (κ1) is 11.4. The Hall–Kier alpha value is -1.43. The van der Waals surface area contributed by atoms with Crippen LogP contribution >= 0.6 is 0 Å². The summed E-state index contributed by atoms with van der Waals surface area (Å²) < 4.78 is 5.83. The third-order valence-electron chi connectivity index (χ3n) is 4.22.